The van der Waals surface area contributed by atoms with Crippen LogP contribution in [0.3, 0.4) is 0 Å². The smallest absolute Gasteiger partial charge is 0.307 e. The number of nitro benzene ring substituents is 1. The molecule has 2 bridgehead atoms. The number of hydrogen-bond donors (Lipinski definition) is 2. The molecule has 2 aliphatic carbocycles. The lowest BCUT2D eigenvalue weighted by Crippen LogP contribution is -2.44. The zero-order valence-corrected chi connectivity index (χ0v) is 11.9. The molecular formula is C15H14N2O6. The van der Waals surface area contributed by atoms with Crippen molar-refractivity contribution in [3.63, 3.8) is 0 Å². The van der Waals surface area contributed by atoms with Gasteiger partial charge in [-0.15, -0.1) is 0 Å². The molecule has 0 unspecified atom stereocenters. The van der Waals surface area contributed by atoms with Gasteiger partial charge in [0.2, 0.25) is 5.91 Å². The first kappa shape index (κ1) is 14.1. The van der Waals surface area contributed by atoms with Crippen LogP contribution in [0.1, 0.15) is 6.42 Å². The first-order valence-corrected chi connectivity index (χ1v) is 7.40. The van der Waals surface area contributed by atoms with E-state index in [1.165, 1.54) is 29.2 Å². The van der Waals surface area contributed by atoms with Crippen molar-refractivity contribution in [3.05, 3.63) is 34.4 Å². The van der Waals surface area contributed by atoms with Gasteiger partial charge in [0.25, 0.3) is 5.69 Å². The number of carboxylic acid groups (broad SMARTS) is 1. The number of carbonyl (C=O) groups is 2. The molecule has 6 atom stereocenters. The number of carboxylic acids is 1. The topological polar surface area (TPSA) is 121 Å². The highest BCUT2D eigenvalue weighted by atomic mass is 16.6. The molecule has 8 nitrogen and oxygen atoms in total. The molecule has 2 N–H and O–H groups in total. The van der Waals surface area contributed by atoms with Crippen LogP contribution >= 0.6 is 0 Å². The molecular weight excluding hydrogens is 304 g/mol. The molecule has 3 aliphatic rings. The van der Waals surface area contributed by atoms with Crippen molar-refractivity contribution in [2.45, 2.75) is 18.6 Å². The average molecular weight is 318 g/mol. The number of benzene rings is 1. The summed E-state index contributed by atoms with van der Waals surface area (Å²) in [4.78, 5) is 35.8. The Balaban J connectivity index is 1.73. The summed E-state index contributed by atoms with van der Waals surface area (Å²) >= 11 is 0. The molecule has 1 aromatic carbocycles. The highest BCUT2D eigenvalue weighted by Crippen LogP contribution is 2.59. The molecule has 1 saturated heterocycles. The molecule has 0 spiro atoms. The van der Waals surface area contributed by atoms with Crippen molar-refractivity contribution >= 4 is 23.3 Å². The van der Waals surface area contributed by atoms with Crippen LogP contribution in [0.5, 0.6) is 0 Å². The summed E-state index contributed by atoms with van der Waals surface area (Å²) in [6.07, 6.45) is -0.345. The first-order valence-electron chi connectivity index (χ1n) is 7.40. The van der Waals surface area contributed by atoms with Crippen LogP contribution in [0.25, 0.3) is 0 Å². The number of aliphatic hydroxyl groups is 1. The largest absolute Gasteiger partial charge is 0.481 e. The van der Waals surface area contributed by atoms with E-state index in [4.69, 9.17) is 0 Å². The van der Waals surface area contributed by atoms with E-state index >= 15 is 0 Å². The van der Waals surface area contributed by atoms with Gasteiger partial charge in [0.1, 0.15) is 0 Å². The second-order valence-corrected chi connectivity index (χ2v) is 6.42. The van der Waals surface area contributed by atoms with E-state index in [0.717, 1.165) is 0 Å². The van der Waals surface area contributed by atoms with Gasteiger partial charge < -0.3 is 15.1 Å². The van der Waals surface area contributed by atoms with Crippen molar-refractivity contribution < 1.29 is 24.7 Å². The Labute approximate surface area is 130 Å². The van der Waals surface area contributed by atoms with E-state index in [1.54, 1.807) is 0 Å². The number of anilines is 1. The number of rotatable bonds is 3. The predicted molar refractivity (Wildman–Crippen MR) is 76.6 cm³/mol. The number of fused-ring (bicyclic) bond motifs is 1. The van der Waals surface area contributed by atoms with Gasteiger partial charge in [-0.05, 0) is 24.5 Å². The van der Waals surface area contributed by atoms with Crippen LogP contribution in [0.4, 0.5) is 11.4 Å². The summed E-state index contributed by atoms with van der Waals surface area (Å²) in [7, 11) is 0. The van der Waals surface area contributed by atoms with Crippen LogP contribution in [0.2, 0.25) is 0 Å². The van der Waals surface area contributed by atoms with Gasteiger partial charge in [-0.2, -0.15) is 0 Å². The van der Waals surface area contributed by atoms with Crippen molar-refractivity contribution in [3.8, 4) is 0 Å². The maximum absolute atomic E-state index is 12.7. The second kappa shape index (κ2) is 4.51. The number of carbonyl (C=O) groups excluding carboxylic acids is 1. The monoisotopic (exact) mass is 318 g/mol. The van der Waals surface area contributed by atoms with Crippen LogP contribution in [0.15, 0.2) is 24.3 Å². The zero-order valence-electron chi connectivity index (χ0n) is 11.9. The molecule has 1 heterocycles. The fourth-order valence-corrected chi connectivity index (χ4v) is 4.71. The minimum absolute atomic E-state index is 0.0865. The quantitative estimate of drug-likeness (QED) is 0.623. The number of aliphatic carboxylic acids is 1. The van der Waals surface area contributed by atoms with Crippen molar-refractivity contribution in [2.75, 3.05) is 4.90 Å². The third-order valence-corrected chi connectivity index (χ3v) is 5.53. The third-order valence-electron chi connectivity index (χ3n) is 5.53. The highest BCUT2D eigenvalue weighted by Gasteiger charge is 2.69. The van der Waals surface area contributed by atoms with E-state index < -0.39 is 40.8 Å². The lowest BCUT2D eigenvalue weighted by atomic mass is 9.78. The Kier molecular flexibility index (Phi) is 2.77. The molecule has 3 fully saturated rings. The Morgan fingerprint density at radius 1 is 1.26 bits per heavy atom. The first-order chi connectivity index (χ1) is 10.9. The van der Waals surface area contributed by atoms with Crippen LogP contribution in [-0.2, 0) is 9.59 Å². The second-order valence-electron chi connectivity index (χ2n) is 6.42. The van der Waals surface area contributed by atoms with E-state index in [-0.39, 0.29) is 17.5 Å². The molecule has 4 rings (SSSR count). The molecule has 1 aromatic rings. The maximum atomic E-state index is 12.7. The number of nitro groups is 1. The highest BCUT2D eigenvalue weighted by molar-refractivity contribution is 6.02. The molecule has 0 radical (unpaired) electrons. The Bertz CT molecular complexity index is 717. The summed E-state index contributed by atoms with van der Waals surface area (Å²) in [5, 5.41) is 30.6. The van der Waals surface area contributed by atoms with Gasteiger partial charge >= 0.3 is 5.97 Å². The lowest BCUT2D eigenvalue weighted by Gasteiger charge is -2.30. The molecule has 1 aliphatic heterocycles. The summed E-state index contributed by atoms with van der Waals surface area (Å²) < 4.78 is 0. The summed E-state index contributed by atoms with van der Waals surface area (Å²) in [6, 6.07) is 5.11. The van der Waals surface area contributed by atoms with Crippen LogP contribution < -0.4 is 4.90 Å². The van der Waals surface area contributed by atoms with Crippen LogP contribution in [-0.4, -0.2) is 39.2 Å². The van der Waals surface area contributed by atoms with Gasteiger partial charge in [-0.1, -0.05) is 0 Å². The Hall–Kier alpha value is -2.48. The fourth-order valence-electron chi connectivity index (χ4n) is 4.71. The molecule has 0 aromatic heterocycles. The van der Waals surface area contributed by atoms with Crippen molar-refractivity contribution in [1.29, 1.82) is 0 Å². The zero-order chi connectivity index (χ0) is 16.5. The summed E-state index contributed by atoms with van der Waals surface area (Å²) in [5.41, 5.74) is 0.375. The number of hydrogen-bond acceptors (Lipinski definition) is 5. The van der Waals surface area contributed by atoms with Gasteiger partial charge in [0, 0.05) is 23.7 Å². The number of non-ortho nitro benzene ring substituents is 1. The van der Waals surface area contributed by atoms with E-state index in [0.29, 0.717) is 12.1 Å². The van der Waals surface area contributed by atoms with Crippen molar-refractivity contribution in [2.24, 2.45) is 23.7 Å². The summed E-state index contributed by atoms with van der Waals surface area (Å²) in [5.74, 6) is -3.37. The number of nitrogens with zero attached hydrogens (tertiary/aromatic N) is 2. The third kappa shape index (κ3) is 1.69. The molecule has 8 heteroatoms. The van der Waals surface area contributed by atoms with E-state index in [2.05, 4.69) is 0 Å². The van der Waals surface area contributed by atoms with Gasteiger partial charge in [-0.25, -0.2) is 0 Å². The fraction of sp³-hybridized carbons (Fsp3) is 0.467. The van der Waals surface area contributed by atoms with E-state index in [1.807, 2.05) is 0 Å². The Morgan fingerprint density at radius 3 is 2.48 bits per heavy atom. The maximum Gasteiger partial charge on any atom is 0.307 e. The minimum Gasteiger partial charge on any atom is -0.481 e. The molecule has 120 valence electrons. The number of aliphatic hydroxyl groups excluding tert-OH is 1. The van der Waals surface area contributed by atoms with Gasteiger partial charge in [0.05, 0.1) is 28.9 Å². The summed E-state index contributed by atoms with van der Waals surface area (Å²) in [6.45, 7) is 0. The molecule has 2 saturated carbocycles. The van der Waals surface area contributed by atoms with E-state index in [9.17, 15) is 29.9 Å². The molecule has 23 heavy (non-hydrogen) atoms. The minimum atomic E-state index is -1.04. The lowest BCUT2D eigenvalue weighted by molar-refractivity contribution is -0.384. The Morgan fingerprint density at radius 2 is 1.91 bits per heavy atom. The predicted octanol–water partition coefficient (Wildman–Crippen LogP) is 0.638. The van der Waals surface area contributed by atoms with Gasteiger partial charge in [-0.3, -0.25) is 19.7 Å². The van der Waals surface area contributed by atoms with Crippen LogP contribution in [0, 0.1) is 33.8 Å². The SMILES string of the molecule is O=C(O)[C@H]1[C@@H]2C[C@@H]3[C@H]1C(=O)N(c1ccc([N+](=O)[O-])cc1)[C@@H]3[C@H]2O. The van der Waals surface area contributed by atoms with Gasteiger partial charge in [0.15, 0.2) is 0 Å². The van der Waals surface area contributed by atoms with Crippen molar-refractivity contribution in [1.82, 2.24) is 0 Å². The standard InChI is InChI=1S/C15H14N2O6/c18-13-9-5-8-10(11(9)15(20)21)14(19)16(12(8)13)6-1-3-7(4-2-6)17(22)23/h1-4,8-13,18H,5H2,(H,20,21)/t8-,9+,10-,11+,12+,13+/m1/s1. The molecule has 1 amide bonds. The normalized spacial score (nSPS) is 37.4. The average Bonchev–Trinajstić information content (AvgIpc) is 3.10. The number of amides is 1.